The molecule has 0 unspecified atom stereocenters. The van der Waals surface area contributed by atoms with Crippen LogP contribution < -0.4 is 27.3 Å². The van der Waals surface area contributed by atoms with Gasteiger partial charge in [0.2, 0.25) is 5.06 Å². The van der Waals surface area contributed by atoms with Crippen LogP contribution in [0.3, 0.4) is 0 Å². The second-order valence-electron chi connectivity index (χ2n) is 6.80. The Morgan fingerprint density at radius 3 is 2.84 bits per heavy atom. The lowest BCUT2D eigenvalue weighted by molar-refractivity contribution is 0.212. The van der Waals surface area contributed by atoms with Gasteiger partial charge in [0.05, 0.1) is 16.6 Å². The number of para-hydroxylation sites is 1. The summed E-state index contributed by atoms with van der Waals surface area (Å²) < 4.78 is 11.1. The van der Waals surface area contributed by atoms with E-state index in [-0.39, 0.29) is 16.3 Å². The Kier molecular flexibility index (Phi) is 5.62. The molecule has 0 atom stereocenters. The number of nitrogens with zero attached hydrogens (tertiary/aromatic N) is 2. The van der Waals surface area contributed by atoms with Crippen LogP contribution >= 0.6 is 11.3 Å². The van der Waals surface area contributed by atoms with Gasteiger partial charge in [0.25, 0.3) is 0 Å². The number of hydrogen-bond donors (Lipinski definition) is 4. The summed E-state index contributed by atoms with van der Waals surface area (Å²) in [6.07, 6.45) is 0.684. The van der Waals surface area contributed by atoms with Gasteiger partial charge in [-0.05, 0) is 31.5 Å². The Labute approximate surface area is 181 Å². The van der Waals surface area contributed by atoms with Gasteiger partial charge < -0.3 is 31.7 Å². The number of ether oxygens (including phenoxy) is 1. The van der Waals surface area contributed by atoms with E-state index in [1.54, 1.807) is 0 Å². The van der Waals surface area contributed by atoms with Gasteiger partial charge >= 0.3 is 6.09 Å². The molecular weight excluding hydrogens is 416 g/mol. The third-order valence-corrected chi connectivity index (χ3v) is 5.72. The van der Waals surface area contributed by atoms with E-state index in [4.69, 9.17) is 26.4 Å². The first-order valence-electron chi connectivity index (χ1n) is 9.59. The number of rotatable bonds is 7. The van der Waals surface area contributed by atoms with Gasteiger partial charge in [-0.15, -0.1) is 0 Å². The summed E-state index contributed by atoms with van der Waals surface area (Å²) in [7, 11) is 0. The van der Waals surface area contributed by atoms with Gasteiger partial charge in [-0.25, -0.2) is 9.78 Å². The highest BCUT2D eigenvalue weighted by Gasteiger charge is 2.25. The molecule has 0 saturated heterocycles. The molecular formula is C21H20N6O3S. The number of hydrogen-bond acceptors (Lipinski definition) is 9. The Morgan fingerprint density at radius 1 is 1.32 bits per heavy atom. The molecule has 10 heteroatoms. The lowest BCUT2D eigenvalue weighted by Crippen LogP contribution is -2.16. The van der Waals surface area contributed by atoms with E-state index in [9.17, 15) is 10.1 Å². The average molecular weight is 436 g/mol. The molecule has 0 radical (unpaired) electrons. The molecule has 158 valence electrons. The molecule has 9 nitrogen and oxygen atoms in total. The molecule has 1 amide bonds. The zero-order chi connectivity index (χ0) is 22.0. The van der Waals surface area contributed by atoms with E-state index in [1.165, 1.54) is 0 Å². The smallest absolute Gasteiger partial charge is 0.410 e. The van der Waals surface area contributed by atoms with Gasteiger partial charge in [0.15, 0.2) is 0 Å². The number of nitrogens with two attached hydrogens (primary N) is 3. The number of nitrogens with one attached hydrogen (secondary N) is 1. The normalized spacial score (nSPS) is 11.0. The maximum atomic E-state index is 11.3. The molecule has 31 heavy (non-hydrogen) atoms. The van der Waals surface area contributed by atoms with E-state index >= 15 is 0 Å². The van der Waals surface area contributed by atoms with Crippen molar-refractivity contribution in [3.8, 4) is 22.5 Å². The molecule has 0 bridgehead atoms. The van der Waals surface area contributed by atoms with Crippen molar-refractivity contribution in [3.63, 3.8) is 0 Å². The van der Waals surface area contributed by atoms with Gasteiger partial charge in [-0.3, -0.25) is 0 Å². The predicted molar refractivity (Wildman–Crippen MR) is 121 cm³/mol. The second-order valence-corrected chi connectivity index (χ2v) is 7.76. The van der Waals surface area contributed by atoms with E-state index in [0.717, 1.165) is 29.6 Å². The van der Waals surface area contributed by atoms with Crippen molar-refractivity contribution >= 4 is 50.1 Å². The topological polar surface area (TPSA) is 166 Å². The maximum absolute atomic E-state index is 11.3. The number of nitrogen functional groups attached to an aromatic ring is 1. The second kappa shape index (κ2) is 8.51. The zero-order valence-corrected chi connectivity index (χ0v) is 17.3. The third kappa shape index (κ3) is 3.84. The molecule has 3 aromatic heterocycles. The van der Waals surface area contributed by atoms with Gasteiger partial charge in [-0.2, -0.15) is 5.26 Å². The number of unbranched alkanes of at least 4 members (excludes halogenated alkanes) is 1. The Hall–Kier alpha value is -3.81. The summed E-state index contributed by atoms with van der Waals surface area (Å²) in [5.41, 5.74) is 18.6. The Bertz CT molecular complexity index is 1290. The fraction of sp³-hybridized carbons (Fsp3) is 0.190. The van der Waals surface area contributed by atoms with Crippen LogP contribution in [-0.4, -0.2) is 24.2 Å². The first-order chi connectivity index (χ1) is 15.0. The quantitative estimate of drug-likeness (QED) is 0.318. The number of nitriles is 1. The number of carbonyl (C=O) groups is 1. The van der Waals surface area contributed by atoms with E-state index in [2.05, 4.69) is 16.4 Å². The van der Waals surface area contributed by atoms with Crippen LogP contribution in [0.4, 0.5) is 16.3 Å². The van der Waals surface area contributed by atoms with Crippen LogP contribution in [-0.2, 0) is 0 Å². The molecule has 0 aliphatic heterocycles. The minimum absolute atomic E-state index is 0.122. The van der Waals surface area contributed by atoms with Crippen LogP contribution in [0.5, 0.6) is 5.06 Å². The highest BCUT2D eigenvalue weighted by Crippen LogP contribution is 2.47. The van der Waals surface area contributed by atoms with Crippen LogP contribution in [0.1, 0.15) is 18.4 Å². The lowest BCUT2D eigenvalue weighted by atomic mass is 10.0. The fourth-order valence-corrected chi connectivity index (χ4v) is 4.33. The molecule has 3 heterocycles. The average Bonchev–Trinajstić information content (AvgIpc) is 3.31. The first kappa shape index (κ1) is 20.5. The highest BCUT2D eigenvalue weighted by molar-refractivity contribution is 7.21. The molecule has 0 spiro atoms. The van der Waals surface area contributed by atoms with Gasteiger partial charge in [0, 0.05) is 11.9 Å². The number of fused-ring (bicyclic) bond motifs is 2. The molecule has 4 aromatic rings. The number of aromatic nitrogens is 1. The van der Waals surface area contributed by atoms with Crippen LogP contribution in [0.25, 0.3) is 32.5 Å². The van der Waals surface area contributed by atoms with Gasteiger partial charge in [-0.1, -0.05) is 29.5 Å². The number of amides is 1. The zero-order valence-electron chi connectivity index (χ0n) is 16.5. The van der Waals surface area contributed by atoms with Crippen LogP contribution in [0, 0.1) is 11.3 Å². The summed E-state index contributed by atoms with van der Waals surface area (Å²) in [5, 5.41) is 14.7. The number of benzene rings is 1. The van der Waals surface area contributed by atoms with Crippen molar-refractivity contribution in [1.82, 2.24) is 4.98 Å². The molecule has 0 aliphatic rings. The number of primary amides is 1. The SMILES string of the molecule is N#Cc1c(NCCCCN)nc2sc(OC(N)=O)c(N)c2c1-c1cc2ccccc2o1. The summed E-state index contributed by atoms with van der Waals surface area (Å²) in [6.45, 7) is 1.17. The van der Waals surface area contributed by atoms with Crippen LogP contribution in [0.15, 0.2) is 34.7 Å². The molecule has 1 aromatic carbocycles. The number of pyridine rings is 1. The van der Waals surface area contributed by atoms with Gasteiger partial charge in [0.1, 0.15) is 33.6 Å². The van der Waals surface area contributed by atoms with Crippen molar-refractivity contribution in [3.05, 3.63) is 35.9 Å². The van der Waals surface area contributed by atoms with E-state index in [1.807, 2.05) is 30.3 Å². The Balaban J connectivity index is 1.96. The van der Waals surface area contributed by atoms with Crippen molar-refractivity contribution in [2.75, 3.05) is 24.1 Å². The maximum Gasteiger partial charge on any atom is 0.410 e. The first-order valence-corrected chi connectivity index (χ1v) is 10.4. The van der Waals surface area contributed by atoms with Crippen LogP contribution in [0.2, 0.25) is 0 Å². The van der Waals surface area contributed by atoms with E-state index in [0.29, 0.717) is 46.0 Å². The minimum Gasteiger partial charge on any atom is -0.456 e. The summed E-state index contributed by atoms with van der Waals surface area (Å²) >= 11 is 1.07. The Morgan fingerprint density at radius 2 is 2.13 bits per heavy atom. The number of carbonyl (C=O) groups excluding carboxylic acids is 1. The molecule has 0 aliphatic carbocycles. The lowest BCUT2D eigenvalue weighted by Gasteiger charge is -2.11. The minimum atomic E-state index is -0.982. The molecule has 7 N–H and O–H groups in total. The third-order valence-electron chi connectivity index (χ3n) is 4.74. The number of furan rings is 1. The van der Waals surface area contributed by atoms with E-state index < -0.39 is 6.09 Å². The number of anilines is 2. The standard InChI is InChI=1S/C21H20N6O3S/c22-7-3-4-8-26-18-12(10-23)15(14-9-11-5-1-2-6-13(11)29-14)16-17(24)20(30-21(25)28)31-19(16)27-18/h1-2,5-6,9H,3-4,7-8,22,24H2,(H2,25,28)(H,26,27). The highest BCUT2D eigenvalue weighted by atomic mass is 32.1. The summed E-state index contributed by atoms with van der Waals surface area (Å²) in [5.74, 6) is 0.861. The summed E-state index contributed by atoms with van der Waals surface area (Å²) in [6, 6.07) is 11.6. The van der Waals surface area contributed by atoms with Crippen molar-refractivity contribution in [2.45, 2.75) is 12.8 Å². The largest absolute Gasteiger partial charge is 0.456 e. The monoisotopic (exact) mass is 436 g/mol. The van der Waals surface area contributed by atoms with Crippen molar-refractivity contribution in [1.29, 1.82) is 5.26 Å². The molecule has 0 saturated carbocycles. The number of thiophene rings is 1. The van der Waals surface area contributed by atoms with Crippen molar-refractivity contribution in [2.24, 2.45) is 11.5 Å². The molecule has 4 rings (SSSR count). The van der Waals surface area contributed by atoms with Crippen molar-refractivity contribution < 1.29 is 13.9 Å². The summed E-state index contributed by atoms with van der Waals surface area (Å²) in [4.78, 5) is 16.4. The fourth-order valence-electron chi connectivity index (χ4n) is 3.36. The molecule has 0 fully saturated rings. The predicted octanol–water partition coefficient (Wildman–Crippen LogP) is 3.77.